The van der Waals surface area contributed by atoms with Gasteiger partial charge in [-0.1, -0.05) is 11.6 Å². The zero-order valence-electron chi connectivity index (χ0n) is 16.2. The van der Waals surface area contributed by atoms with Crippen LogP contribution in [0.15, 0.2) is 24.3 Å². The van der Waals surface area contributed by atoms with Gasteiger partial charge in [-0.25, -0.2) is 18.0 Å². The lowest BCUT2D eigenvalue weighted by molar-refractivity contribution is -0.126. The van der Waals surface area contributed by atoms with Gasteiger partial charge >= 0.3 is 5.97 Å². The molecule has 0 aromatic heterocycles. The summed E-state index contributed by atoms with van der Waals surface area (Å²) < 4.78 is 54.5. The van der Waals surface area contributed by atoms with E-state index in [0.717, 1.165) is 6.07 Å². The summed E-state index contributed by atoms with van der Waals surface area (Å²) in [4.78, 5) is 35.6. The van der Waals surface area contributed by atoms with E-state index in [1.54, 1.807) is 0 Å². The first kappa shape index (κ1) is 23.8. The Bertz CT molecular complexity index is 1020. The van der Waals surface area contributed by atoms with Crippen molar-refractivity contribution in [1.29, 1.82) is 0 Å². The highest BCUT2D eigenvalue weighted by molar-refractivity contribution is 6.32. The van der Waals surface area contributed by atoms with Gasteiger partial charge < -0.3 is 24.8 Å². The third kappa shape index (κ3) is 6.01. The van der Waals surface area contributed by atoms with E-state index < -0.39 is 54.1 Å². The molecule has 0 aliphatic heterocycles. The lowest BCUT2D eigenvalue weighted by atomic mass is 10.2. The highest BCUT2D eigenvalue weighted by atomic mass is 35.5. The Balaban J connectivity index is 1.87. The molecule has 0 radical (unpaired) electrons. The smallest absolute Gasteiger partial charge is 0.338 e. The topological polar surface area (TPSA) is 103 Å². The van der Waals surface area contributed by atoms with Crippen molar-refractivity contribution in [2.24, 2.45) is 0 Å². The number of anilines is 1. The molecule has 0 fully saturated rings. The third-order valence-electron chi connectivity index (χ3n) is 3.76. The van der Waals surface area contributed by atoms with Gasteiger partial charge in [0, 0.05) is 0 Å². The van der Waals surface area contributed by atoms with Crippen LogP contribution in [0.2, 0.25) is 5.02 Å². The lowest BCUT2D eigenvalue weighted by Gasteiger charge is -2.12. The van der Waals surface area contributed by atoms with Gasteiger partial charge in [0.2, 0.25) is 5.91 Å². The van der Waals surface area contributed by atoms with Crippen molar-refractivity contribution >= 4 is 35.1 Å². The number of rotatable bonds is 8. The van der Waals surface area contributed by atoms with E-state index in [2.05, 4.69) is 5.32 Å². The third-order valence-corrected chi connectivity index (χ3v) is 4.04. The summed E-state index contributed by atoms with van der Waals surface area (Å²) in [5.41, 5.74) is -0.614. The number of nitrogens with one attached hydrogen (secondary N) is 2. The predicted molar refractivity (Wildman–Crippen MR) is 103 cm³/mol. The number of carbonyl (C=O) groups excluding carboxylic acids is 3. The number of benzene rings is 2. The van der Waals surface area contributed by atoms with E-state index in [1.807, 2.05) is 5.32 Å². The first-order chi connectivity index (χ1) is 14.7. The molecule has 0 heterocycles. The number of amides is 2. The second kappa shape index (κ2) is 10.5. The van der Waals surface area contributed by atoms with Gasteiger partial charge in [-0.05, 0) is 24.3 Å². The fraction of sp³-hybridized carbons (Fsp3) is 0.211. The SMILES string of the molecule is COc1cc(C(=O)OCC(=O)NCC(=O)Nc2ccc(F)c(F)c2F)cc(Cl)c1OC. The molecule has 0 atom stereocenters. The monoisotopic (exact) mass is 460 g/mol. The zero-order chi connectivity index (χ0) is 23.1. The Morgan fingerprint density at radius 2 is 1.71 bits per heavy atom. The quantitative estimate of drug-likeness (QED) is 0.464. The maximum absolute atomic E-state index is 13.5. The minimum atomic E-state index is -1.75. The summed E-state index contributed by atoms with van der Waals surface area (Å²) in [6, 6.07) is 4.01. The number of hydrogen-bond acceptors (Lipinski definition) is 6. The Morgan fingerprint density at radius 1 is 1.00 bits per heavy atom. The summed E-state index contributed by atoms with van der Waals surface area (Å²) in [5.74, 6) is -7.02. The van der Waals surface area contributed by atoms with Crippen LogP contribution in [0.4, 0.5) is 18.9 Å². The Hall–Kier alpha value is -3.47. The van der Waals surface area contributed by atoms with Gasteiger partial charge in [-0.3, -0.25) is 9.59 Å². The Labute approximate surface area is 179 Å². The molecule has 8 nitrogen and oxygen atoms in total. The van der Waals surface area contributed by atoms with Gasteiger partial charge in [0.05, 0.1) is 37.0 Å². The van der Waals surface area contributed by atoms with Crippen LogP contribution in [0.1, 0.15) is 10.4 Å². The molecular formula is C19H16ClF3N2O6. The molecule has 2 aromatic rings. The second-order valence-corrected chi connectivity index (χ2v) is 6.22. The summed E-state index contributed by atoms with van der Waals surface area (Å²) in [5, 5.41) is 4.17. The summed E-state index contributed by atoms with van der Waals surface area (Å²) in [6.07, 6.45) is 0. The molecular weight excluding hydrogens is 445 g/mol. The zero-order valence-corrected chi connectivity index (χ0v) is 16.9. The van der Waals surface area contributed by atoms with Crippen molar-refractivity contribution in [3.05, 3.63) is 52.3 Å². The molecule has 0 unspecified atom stereocenters. The highest BCUT2D eigenvalue weighted by Crippen LogP contribution is 2.36. The lowest BCUT2D eigenvalue weighted by Crippen LogP contribution is -2.35. The van der Waals surface area contributed by atoms with E-state index in [9.17, 15) is 27.6 Å². The van der Waals surface area contributed by atoms with Gasteiger partial charge in [-0.15, -0.1) is 0 Å². The molecule has 166 valence electrons. The molecule has 0 saturated heterocycles. The minimum Gasteiger partial charge on any atom is -0.493 e. The molecule has 0 aliphatic rings. The van der Waals surface area contributed by atoms with E-state index >= 15 is 0 Å². The number of methoxy groups -OCH3 is 2. The molecule has 2 N–H and O–H groups in total. The van der Waals surface area contributed by atoms with Crippen molar-refractivity contribution in [1.82, 2.24) is 5.32 Å². The molecule has 2 aromatic carbocycles. The van der Waals surface area contributed by atoms with Crippen LogP contribution in [0.25, 0.3) is 0 Å². The van der Waals surface area contributed by atoms with Gasteiger partial charge in [0.25, 0.3) is 5.91 Å². The van der Waals surface area contributed by atoms with Crippen LogP contribution in [0.3, 0.4) is 0 Å². The standard InChI is InChI=1S/C19H16ClF3N2O6/c1-29-13-6-9(5-10(20)18(13)30-2)19(28)31-8-15(27)24-7-14(26)25-12-4-3-11(21)16(22)17(12)23/h3-6H,7-8H2,1-2H3,(H,24,27)(H,25,26). The van der Waals surface area contributed by atoms with Crippen molar-refractivity contribution in [3.8, 4) is 11.5 Å². The predicted octanol–water partition coefficient (Wildman–Crippen LogP) is 2.69. The number of ether oxygens (including phenoxy) is 3. The molecule has 12 heteroatoms. The first-order valence-corrected chi connectivity index (χ1v) is 8.84. The molecule has 0 bridgehead atoms. The molecule has 0 saturated carbocycles. The van der Waals surface area contributed by atoms with Crippen LogP contribution in [0, 0.1) is 17.5 Å². The average Bonchev–Trinajstić information content (AvgIpc) is 2.75. The number of halogens is 4. The maximum Gasteiger partial charge on any atom is 0.338 e. The number of carbonyl (C=O) groups is 3. The number of hydrogen-bond donors (Lipinski definition) is 2. The van der Waals surface area contributed by atoms with Crippen LogP contribution in [-0.4, -0.2) is 45.2 Å². The minimum absolute atomic E-state index is 0.0120. The van der Waals surface area contributed by atoms with Crippen molar-refractivity contribution < 1.29 is 41.8 Å². The van der Waals surface area contributed by atoms with Gasteiger partial charge in [0.15, 0.2) is 35.6 Å². The van der Waals surface area contributed by atoms with E-state index in [-0.39, 0.29) is 22.1 Å². The van der Waals surface area contributed by atoms with Gasteiger partial charge in [-0.2, -0.15) is 0 Å². The fourth-order valence-corrected chi connectivity index (χ4v) is 2.58. The molecule has 31 heavy (non-hydrogen) atoms. The summed E-state index contributed by atoms with van der Waals surface area (Å²) in [6.45, 7) is -1.38. The maximum atomic E-state index is 13.5. The molecule has 0 aliphatic carbocycles. The first-order valence-electron chi connectivity index (χ1n) is 8.46. The summed E-state index contributed by atoms with van der Waals surface area (Å²) in [7, 11) is 2.71. The Morgan fingerprint density at radius 3 is 2.35 bits per heavy atom. The van der Waals surface area contributed by atoms with E-state index in [4.69, 9.17) is 25.8 Å². The van der Waals surface area contributed by atoms with E-state index in [0.29, 0.717) is 6.07 Å². The van der Waals surface area contributed by atoms with Crippen molar-refractivity contribution in [3.63, 3.8) is 0 Å². The van der Waals surface area contributed by atoms with Crippen LogP contribution in [0.5, 0.6) is 11.5 Å². The highest BCUT2D eigenvalue weighted by Gasteiger charge is 2.18. The molecule has 2 amide bonds. The Kier molecular flexibility index (Phi) is 8.08. The second-order valence-electron chi connectivity index (χ2n) is 5.82. The fourth-order valence-electron chi connectivity index (χ4n) is 2.30. The largest absolute Gasteiger partial charge is 0.493 e. The van der Waals surface area contributed by atoms with Crippen molar-refractivity contribution in [2.75, 3.05) is 32.7 Å². The average molecular weight is 461 g/mol. The van der Waals surface area contributed by atoms with Crippen LogP contribution >= 0.6 is 11.6 Å². The van der Waals surface area contributed by atoms with Crippen LogP contribution in [-0.2, 0) is 14.3 Å². The number of esters is 1. The van der Waals surface area contributed by atoms with Crippen molar-refractivity contribution in [2.45, 2.75) is 0 Å². The van der Waals surface area contributed by atoms with E-state index in [1.165, 1.54) is 26.4 Å². The molecule has 2 rings (SSSR count). The normalized spacial score (nSPS) is 10.3. The van der Waals surface area contributed by atoms with Gasteiger partial charge in [0.1, 0.15) is 0 Å². The molecule has 0 spiro atoms. The van der Waals surface area contributed by atoms with Crippen LogP contribution < -0.4 is 20.1 Å². The summed E-state index contributed by atoms with van der Waals surface area (Å²) >= 11 is 5.99.